The molecule has 1 aromatic rings. The average Bonchev–Trinajstić information content (AvgIpc) is 3.25. The van der Waals surface area contributed by atoms with Gasteiger partial charge in [0.15, 0.2) is 0 Å². The summed E-state index contributed by atoms with van der Waals surface area (Å²) in [7, 11) is 3.86. The SMILES string of the molecule is CCCNc1nc(F)ncc1C#CCCCNC(=O)[C@@H]1CCCN1C(=O)/C=C/CN(C)C. The van der Waals surface area contributed by atoms with Gasteiger partial charge in [-0.15, -0.1) is 0 Å². The van der Waals surface area contributed by atoms with Crippen LogP contribution in [0.25, 0.3) is 0 Å². The summed E-state index contributed by atoms with van der Waals surface area (Å²) in [6.07, 6.45) is 7.55. The number of rotatable bonds is 10. The highest BCUT2D eigenvalue weighted by atomic mass is 19.1. The van der Waals surface area contributed by atoms with Crippen molar-refractivity contribution in [2.45, 2.75) is 45.1 Å². The molecule has 0 bridgehead atoms. The second kappa shape index (κ2) is 13.4. The van der Waals surface area contributed by atoms with Crippen molar-refractivity contribution in [3.63, 3.8) is 0 Å². The van der Waals surface area contributed by atoms with E-state index in [1.54, 1.807) is 11.0 Å². The maximum Gasteiger partial charge on any atom is 0.310 e. The van der Waals surface area contributed by atoms with Crippen molar-refractivity contribution in [2.75, 3.05) is 45.6 Å². The number of likely N-dealkylation sites (N-methyl/N-ethyl adjacent to an activating group) is 1. The molecule has 9 heteroatoms. The number of carbonyl (C=O) groups is 2. The zero-order chi connectivity index (χ0) is 23.3. The molecule has 2 heterocycles. The maximum atomic E-state index is 13.3. The Bertz CT molecular complexity index is 862. The first-order valence-corrected chi connectivity index (χ1v) is 11.1. The van der Waals surface area contributed by atoms with Crippen molar-refractivity contribution >= 4 is 17.6 Å². The first-order chi connectivity index (χ1) is 15.4. The van der Waals surface area contributed by atoms with E-state index < -0.39 is 12.1 Å². The van der Waals surface area contributed by atoms with Gasteiger partial charge in [-0.05, 0) is 39.8 Å². The molecule has 8 nitrogen and oxygen atoms in total. The van der Waals surface area contributed by atoms with Gasteiger partial charge in [0, 0.05) is 38.7 Å². The van der Waals surface area contributed by atoms with Gasteiger partial charge in [0.2, 0.25) is 11.8 Å². The zero-order valence-corrected chi connectivity index (χ0v) is 19.2. The van der Waals surface area contributed by atoms with Crippen molar-refractivity contribution in [2.24, 2.45) is 0 Å². The predicted molar refractivity (Wildman–Crippen MR) is 122 cm³/mol. The fourth-order valence-corrected chi connectivity index (χ4v) is 3.26. The highest BCUT2D eigenvalue weighted by Crippen LogP contribution is 2.18. The Kier molecular flexibility index (Phi) is 10.6. The largest absolute Gasteiger partial charge is 0.369 e. The molecule has 174 valence electrons. The van der Waals surface area contributed by atoms with E-state index >= 15 is 0 Å². The van der Waals surface area contributed by atoms with E-state index in [0.29, 0.717) is 56.8 Å². The van der Waals surface area contributed by atoms with Crippen LogP contribution in [-0.2, 0) is 9.59 Å². The van der Waals surface area contributed by atoms with Crippen molar-refractivity contribution < 1.29 is 14.0 Å². The molecule has 1 fully saturated rings. The Morgan fingerprint density at radius 2 is 2.19 bits per heavy atom. The van der Waals surface area contributed by atoms with Crippen LogP contribution in [0.5, 0.6) is 0 Å². The molecule has 1 aliphatic heterocycles. The number of halogens is 1. The van der Waals surface area contributed by atoms with Gasteiger partial charge in [-0.1, -0.05) is 24.8 Å². The molecule has 1 aliphatic rings. The first-order valence-electron chi connectivity index (χ1n) is 11.1. The number of likely N-dealkylation sites (tertiary alicyclic amines) is 1. The smallest absolute Gasteiger partial charge is 0.310 e. The van der Waals surface area contributed by atoms with Gasteiger partial charge in [-0.3, -0.25) is 9.59 Å². The first kappa shape index (κ1) is 25.3. The minimum Gasteiger partial charge on any atom is -0.369 e. The lowest BCUT2D eigenvalue weighted by Gasteiger charge is -2.22. The molecule has 0 radical (unpaired) electrons. The summed E-state index contributed by atoms with van der Waals surface area (Å²) in [5.41, 5.74) is 0.548. The van der Waals surface area contributed by atoms with Crippen molar-refractivity contribution in [1.29, 1.82) is 0 Å². The minimum atomic E-state index is -0.788. The fourth-order valence-electron chi connectivity index (χ4n) is 3.26. The van der Waals surface area contributed by atoms with Crippen LogP contribution in [0.4, 0.5) is 10.2 Å². The van der Waals surface area contributed by atoms with Gasteiger partial charge < -0.3 is 20.4 Å². The molecule has 0 aliphatic carbocycles. The lowest BCUT2D eigenvalue weighted by molar-refractivity contribution is -0.135. The van der Waals surface area contributed by atoms with E-state index in [9.17, 15) is 14.0 Å². The Morgan fingerprint density at radius 1 is 1.38 bits per heavy atom. The molecule has 1 saturated heterocycles. The van der Waals surface area contributed by atoms with Crippen LogP contribution in [0.3, 0.4) is 0 Å². The van der Waals surface area contributed by atoms with Crippen molar-refractivity contribution in [3.05, 3.63) is 30.0 Å². The van der Waals surface area contributed by atoms with Crippen LogP contribution in [0.2, 0.25) is 0 Å². The number of anilines is 1. The highest BCUT2D eigenvalue weighted by Gasteiger charge is 2.32. The fraction of sp³-hybridized carbons (Fsp3) is 0.565. The van der Waals surface area contributed by atoms with Crippen molar-refractivity contribution in [3.8, 4) is 11.8 Å². The van der Waals surface area contributed by atoms with Gasteiger partial charge in [0.25, 0.3) is 0 Å². The van der Waals surface area contributed by atoms with E-state index in [2.05, 4.69) is 32.4 Å². The molecule has 32 heavy (non-hydrogen) atoms. The normalized spacial score (nSPS) is 15.7. The Morgan fingerprint density at radius 3 is 2.94 bits per heavy atom. The summed E-state index contributed by atoms with van der Waals surface area (Å²) >= 11 is 0. The van der Waals surface area contributed by atoms with E-state index in [0.717, 1.165) is 12.8 Å². The second-order valence-electron chi connectivity index (χ2n) is 7.88. The molecule has 1 atom stereocenters. The van der Waals surface area contributed by atoms with E-state index in [1.807, 2.05) is 32.0 Å². The maximum absolute atomic E-state index is 13.3. The third-order valence-electron chi connectivity index (χ3n) is 4.87. The molecule has 2 rings (SSSR count). The molecule has 2 N–H and O–H groups in total. The molecule has 0 unspecified atom stereocenters. The molecular weight excluding hydrogens is 411 g/mol. The number of nitrogens with one attached hydrogen (secondary N) is 2. The van der Waals surface area contributed by atoms with Gasteiger partial charge in [-0.25, -0.2) is 4.98 Å². The van der Waals surface area contributed by atoms with Crippen LogP contribution in [0, 0.1) is 17.9 Å². The van der Waals surface area contributed by atoms with E-state index in [-0.39, 0.29) is 11.8 Å². The summed E-state index contributed by atoms with van der Waals surface area (Å²) in [5.74, 6) is 6.13. The average molecular weight is 445 g/mol. The van der Waals surface area contributed by atoms with Crippen LogP contribution < -0.4 is 10.6 Å². The monoisotopic (exact) mass is 444 g/mol. The molecule has 0 spiro atoms. The van der Waals surface area contributed by atoms with Crippen molar-refractivity contribution in [1.82, 2.24) is 25.1 Å². The van der Waals surface area contributed by atoms with Crippen LogP contribution in [-0.4, -0.2) is 77.9 Å². The summed E-state index contributed by atoms with van der Waals surface area (Å²) in [6, 6.07) is -0.416. The molecular formula is C23H33FN6O2. The summed E-state index contributed by atoms with van der Waals surface area (Å²) in [5, 5.41) is 5.95. The predicted octanol–water partition coefficient (Wildman–Crippen LogP) is 1.79. The lowest BCUT2D eigenvalue weighted by Crippen LogP contribution is -2.45. The Labute approximate surface area is 189 Å². The third kappa shape index (κ3) is 8.27. The number of hydrogen-bond donors (Lipinski definition) is 2. The van der Waals surface area contributed by atoms with Gasteiger partial charge in [0.05, 0.1) is 11.8 Å². The number of unbranched alkanes of at least 4 members (excludes halogenated alkanes) is 1. The third-order valence-corrected chi connectivity index (χ3v) is 4.87. The zero-order valence-electron chi connectivity index (χ0n) is 19.2. The number of hydrogen-bond acceptors (Lipinski definition) is 6. The second-order valence-corrected chi connectivity index (χ2v) is 7.88. The number of carbonyl (C=O) groups excluding carboxylic acids is 2. The van der Waals surface area contributed by atoms with Gasteiger partial charge >= 0.3 is 6.08 Å². The van der Waals surface area contributed by atoms with Gasteiger partial charge in [0.1, 0.15) is 11.9 Å². The van der Waals surface area contributed by atoms with Crippen LogP contribution in [0.1, 0.15) is 44.6 Å². The quantitative estimate of drug-likeness (QED) is 0.248. The van der Waals surface area contributed by atoms with Gasteiger partial charge in [-0.2, -0.15) is 9.37 Å². The Hall–Kier alpha value is -2.99. The lowest BCUT2D eigenvalue weighted by atomic mass is 10.2. The number of nitrogens with zero attached hydrogens (tertiary/aromatic N) is 4. The number of amides is 2. The topological polar surface area (TPSA) is 90.5 Å². The molecule has 2 amide bonds. The Balaban J connectivity index is 1.78. The molecule has 0 saturated carbocycles. The minimum absolute atomic E-state index is 0.121. The van der Waals surface area contributed by atoms with E-state index in [1.165, 1.54) is 6.20 Å². The van der Waals surface area contributed by atoms with E-state index in [4.69, 9.17) is 0 Å². The molecule has 0 aromatic carbocycles. The summed E-state index contributed by atoms with van der Waals surface area (Å²) in [6.45, 7) is 4.43. The highest BCUT2D eigenvalue weighted by molar-refractivity contribution is 5.93. The summed E-state index contributed by atoms with van der Waals surface area (Å²) < 4.78 is 13.3. The number of aromatic nitrogens is 2. The molecule has 1 aromatic heterocycles. The van der Waals surface area contributed by atoms with Crippen LogP contribution >= 0.6 is 0 Å². The standard InChI is InChI=1S/C23H33FN6O2/c1-4-13-25-21-18(17-27-23(24)28-21)10-6-5-7-14-26-22(32)19-11-8-16-30(19)20(31)12-9-15-29(2)3/h9,12,17,19H,4-5,7-8,11,13-16H2,1-3H3,(H,26,32)(H,25,27,28)/b12-9+/t19-/m0/s1. The van der Waals surface area contributed by atoms with Crippen LogP contribution in [0.15, 0.2) is 18.3 Å². The summed E-state index contributed by atoms with van der Waals surface area (Å²) in [4.78, 5) is 35.8.